The number of hydrogen-bond acceptors (Lipinski definition) is 6. The fourth-order valence-corrected chi connectivity index (χ4v) is 6.29. The summed E-state index contributed by atoms with van der Waals surface area (Å²) in [4.78, 5) is 19.8. The summed E-state index contributed by atoms with van der Waals surface area (Å²) in [5, 5.41) is 27.1. The van der Waals surface area contributed by atoms with Crippen molar-refractivity contribution in [1.82, 2.24) is 19.9 Å². The summed E-state index contributed by atoms with van der Waals surface area (Å²) in [6.07, 6.45) is 6.31. The number of aromatic nitrogens is 3. The van der Waals surface area contributed by atoms with Gasteiger partial charge in [-0.1, -0.05) is 11.6 Å². The van der Waals surface area contributed by atoms with E-state index in [4.69, 9.17) is 16.6 Å². The van der Waals surface area contributed by atoms with Gasteiger partial charge in [0.1, 0.15) is 23.5 Å². The summed E-state index contributed by atoms with van der Waals surface area (Å²) in [6, 6.07) is 11.5. The Labute approximate surface area is 223 Å². The van der Waals surface area contributed by atoms with Crippen molar-refractivity contribution in [2.75, 3.05) is 18.0 Å². The van der Waals surface area contributed by atoms with Crippen LogP contribution in [-0.2, 0) is 0 Å². The molecule has 1 saturated heterocycles. The maximum Gasteiger partial charge on any atom is 0.253 e. The first kappa shape index (κ1) is 24.2. The fourth-order valence-electron chi connectivity index (χ4n) is 6.09. The van der Waals surface area contributed by atoms with Gasteiger partial charge in [0.2, 0.25) is 0 Å². The van der Waals surface area contributed by atoms with Gasteiger partial charge in [0, 0.05) is 36.0 Å². The van der Waals surface area contributed by atoms with Gasteiger partial charge in [-0.3, -0.25) is 4.79 Å². The molecule has 4 aromatic rings. The number of amides is 1. The average Bonchev–Trinajstić information content (AvgIpc) is 3.56. The molecule has 6 rings (SSSR count). The zero-order chi connectivity index (χ0) is 26.6. The van der Waals surface area contributed by atoms with E-state index in [0.717, 1.165) is 37.3 Å². The molecule has 4 heterocycles. The van der Waals surface area contributed by atoms with Crippen LogP contribution in [0.15, 0.2) is 55.0 Å². The number of fused-ring (bicyclic) bond motifs is 2. The van der Waals surface area contributed by atoms with Crippen molar-refractivity contribution in [2.24, 2.45) is 11.8 Å². The first-order valence-electron chi connectivity index (χ1n) is 12.3. The van der Waals surface area contributed by atoms with E-state index in [-0.39, 0.29) is 22.2 Å². The van der Waals surface area contributed by atoms with E-state index >= 15 is 0 Å². The summed E-state index contributed by atoms with van der Waals surface area (Å²) in [7, 11) is 0. The smallest absolute Gasteiger partial charge is 0.253 e. The summed E-state index contributed by atoms with van der Waals surface area (Å²) in [5.74, 6) is 0.828. The third kappa shape index (κ3) is 4.21. The number of hydrogen-bond donors (Lipinski definition) is 2. The number of nitrogens with zero attached hydrogens (tertiary/aromatic N) is 5. The van der Waals surface area contributed by atoms with Crippen LogP contribution in [0.5, 0.6) is 5.75 Å². The minimum atomic E-state index is -0.494. The molecule has 10 heteroatoms. The number of pyridine rings is 2. The largest absolute Gasteiger partial charge is 0.506 e. The number of aromatic hydroxyl groups is 1. The Morgan fingerprint density at radius 2 is 1.97 bits per heavy atom. The zero-order valence-corrected chi connectivity index (χ0v) is 21.3. The van der Waals surface area contributed by atoms with Gasteiger partial charge >= 0.3 is 0 Å². The van der Waals surface area contributed by atoms with Crippen LogP contribution in [0.4, 0.5) is 10.2 Å². The van der Waals surface area contributed by atoms with Crippen LogP contribution in [0.25, 0.3) is 16.6 Å². The second kappa shape index (κ2) is 8.99. The number of benzene rings is 1. The monoisotopic (exact) mass is 530 g/mol. The molecule has 2 unspecified atom stereocenters. The number of rotatable bonds is 4. The number of halogens is 2. The second-order valence-corrected chi connectivity index (χ2v) is 10.9. The Bertz CT molecular complexity index is 1600. The Kier molecular flexibility index (Phi) is 5.73. The average molecular weight is 531 g/mol. The van der Waals surface area contributed by atoms with Crippen LogP contribution in [0.3, 0.4) is 0 Å². The van der Waals surface area contributed by atoms with E-state index in [1.165, 1.54) is 35.1 Å². The molecule has 1 amide bonds. The molecule has 1 aromatic carbocycles. The van der Waals surface area contributed by atoms with Gasteiger partial charge in [-0.2, -0.15) is 10.4 Å². The molecule has 3 aromatic heterocycles. The number of carbonyl (C=O) groups is 1. The third-order valence-corrected chi connectivity index (χ3v) is 8.02. The van der Waals surface area contributed by atoms with Crippen LogP contribution >= 0.6 is 11.6 Å². The molecule has 2 aliphatic rings. The van der Waals surface area contributed by atoms with Gasteiger partial charge in [-0.25, -0.2) is 13.9 Å². The number of nitriles is 1. The molecule has 0 spiro atoms. The first-order chi connectivity index (χ1) is 18.2. The minimum Gasteiger partial charge on any atom is -0.506 e. The van der Waals surface area contributed by atoms with Gasteiger partial charge < -0.3 is 15.3 Å². The summed E-state index contributed by atoms with van der Waals surface area (Å²) in [6.45, 7) is 3.68. The van der Waals surface area contributed by atoms with Crippen LogP contribution < -0.4 is 10.2 Å². The topological polar surface area (TPSA) is 107 Å². The molecule has 1 saturated carbocycles. The molecular weight excluding hydrogens is 507 g/mol. The molecule has 1 aliphatic carbocycles. The molecule has 1 aliphatic heterocycles. The minimum absolute atomic E-state index is 0.0475. The summed E-state index contributed by atoms with van der Waals surface area (Å²) < 4.78 is 15.2. The Morgan fingerprint density at radius 3 is 2.66 bits per heavy atom. The van der Waals surface area contributed by atoms with Crippen molar-refractivity contribution in [1.29, 1.82) is 5.26 Å². The highest BCUT2D eigenvalue weighted by molar-refractivity contribution is 6.33. The third-order valence-electron chi connectivity index (χ3n) is 7.69. The van der Waals surface area contributed by atoms with Gasteiger partial charge in [0.05, 0.1) is 34.1 Å². The highest BCUT2D eigenvalue weighted by Gasteiger charge is 2.47. The van der Waals surface area contributed by atoms with Gasteiger partial charge in [-0.15, -0.1) is 0 Å². The van der Waals surface area contributed by atoms with E-state index < -0.39 is 11.4 Å². The van der Waals surface area contributed by atoms with Gasteiger partial charge in [-0.05, 0) is 68.0 Å². The molecule has 2 fully saturated rings. The predicted octanol–water partition coefficient (Wildman–Crippen LogP) is 4.80. The lowest BCUT2D eigenvalue weighted by atomic mass is 9.97. The van der Waals surface area contributed by atoms with E-state index in [1.54, 1.807) is 12.3 Å². The number of nitrogens with one attached hydrogen (secondary N) is 1. The van der Waals surface area contributed by atoms with Crippen molar-refractivity contribution < 1.29 is 14.3 Å². The molecule has 8 nitrogen and oxygen atoms in total. The predicted molar refractivity (Wildman–Crippen MR) is 141 cm³/mol. The lowest BCUT2D eigenvalue weighted by Gasteiger charge is -2.29. The van der Waals surface area contributed by atoms with Crippen molar-refractivity contribution >= 4 is 28.8 Å². The molecule has 2 N–H and O–H groups in total. The quantitative estimate of drug-likeness (QED) is 0.392. The molecule has 0 radical (unpaired) electrons. The number of anilines is 1. The zero-order valence-electron chi connectivity index (χ0n) is 20.5. The molecular formula is C28H24ClFN6O2. The molecule has 192 valence electrons. The van der Waals surface area contributed by atoms with Crippen molar-refractivity contribution in [3.8, 4) is 22.9 Å². The van der Waals surface area contributed by atoms with Crippen molar-refractivity contribution in [3.63, 3.8) is 0 Å². The fraction of sp³-hybridized carbons (Fsp3) is 0.286. The van der Waals surface area contributed by atoms with Crippen molar-refractivity contribution in [2.45, 2.75) is 25.3 Å². The van der Waals surface area contributed by atoms with E-state index in [2.05, 4.69) is 21.4 Å². The Hall–Kier alpha value is -4.16. The normalized spacial score (nSPS) is 22.4. The Morgan fingerprint density at radius 1 is 1.21 bits per heavy atom. The lowest BCUT2D eigenvalue weighted by molar-refractivity contribution is 0.0904. The SMILES string of the molecule is CC1(NC(=O)c2cc(F)ccc2Cl)CC2CN(c3ccc(-c4cc(O)cn5ncc(C#N)c45)cn3)CC2C1. The first-order valence-corrected chi connectivity index (χ1v) is 12.7. The molecule has 2 atom stereocenters. The summed E-state index contributed by atoms with van der Waals surface area (Å²) in [5.41, 5.74) is 2.26. The Balaban J connectivity index is 1.15. The summed E-state index contributed by atoms with van der Waals surface area (Å²) >= 11 is 6.13. The lowest BCUT2D eigenvalue weighted by Crippen LogP contribution is -2.45. The maximum absolute atomic E-state index is 13.7. The van der Waals surface area contributed by atoms with Crippen LogP contribution in [0.2, 0.25) is 5.02 Å². The van der Waals surface area contributed by atoms with Crippen LogP contribution in [-0.4, -0.2) is 44.2 Å². The highest BCUT2D eigenvalue weighted by atomic mass is 35.5. The van der Waals surface area contributed by atoms with E-state index in [9.17, 15) is 19.6 Å². The highest BCUT2D eigenvalue weighted by Crippen LogP contribution is 2.45. The molecule has 0 bridgehead atoms. The van der Waals surface area contributed by atoms with Crippen molar-refractivity contribution in [3.05, 3.63) is 77.0 Å². The van der Waals surface area contributed by atoms with Crippen LogP contribution in [0.1, 0.15) is 35.7 Å². The van der Waals surface area contributed by atoms with E-state index in [1.807, 2.05) is 19.1 Å². The maximum atomic E-state index is 13.7. The molecule has 38 heavy (non-hydrogen) atoms. The number of carbonyl (C=O) groups excluding carboxylic acids is 1. The van der Waals surface area contributed by atoms with E-state index in [0.29, 0.717) is 28.5 Å². The van der Waals surface area contributed by atoms with Gasteiger partial charge in [0.15, 0.2) is 0 Å². The standard InChI is InChI=1S/C28H24ClFN6O2/c1-28(34-27(38)23-6-20(30)3-4-24(23)29)8-17-13-35(14-18(17)9-28)25-5-2-16(11-32-25)22-7-21(37)15-36-26(22)19(10-31)12-33-36/h2-7,11-12,15,17-18,37H,8-9,13-14H2,1H3,(H,34,38). The van der Waals surface area contributed by atoms with Crippen LogP contribution in [0, 0.1) is 29.0 Å². The second-order valence-electron chi connectivity index (χ2n) is 10.5. The van der Waals surface area contributed by atoms with Gasteiger partial charge in [0.25, 0.3) is 5.91 Å².